The highest BCUT2D eigenvalue weighted by molar-refractivity contribution is 7.92. The van der Waals surface area contributed by atoms with E-state index in [4.69, 9.17) is 11.6 Å². The Morgan fingerprint density at radius 1 is 0.949 bits per heavy atom. The van der Waals surface area contributed by atoms with Gasteiger partial charge in [-0.1, -0.05) is 53.6 Å². The summed E-state index contributed by atoms with van der Waals surface area (Å²) in [5, 5.41) is 4.51. The smallest absolute Gasteiger partial charge is 0.264 e. The van der Waals surface area contributed by atoms with Crippen molar-refractivity contribution in [1.82, 2.24) is 9.99 Å². The third-order valence-corrected chi connectivity index (χ3v) is 8.52. The SMILES string of the molecule is Cc1ccc(-n2c(C)cc(/C=N/NC(=O)CN(c3cc(Cl)ccc3C)S(=O)(=O)c3ccccc3)c2C)c(C)c1. The molecule has 1 aromatic heterocycles. The van der Waals surface area contributed by atoms with Crippen LogP contribution in [0.5, 0.6) is 0 Å². The van der Waals surface area contributed by atoms with Crippen molar-refractivity contribution in [2.45, 2.75) is 39.5 Å². The second-order valence-electron chi connectivity index (χ2n) is 9.50. The van der Waals surface area contributed by atoms with Crippen LogP contribution in [0.1, 0.15) is 33.6 Å². The zero-order chi connectivity index (χ0) is 28.3. The van der Waals surface area contributed by atoms with Crippen LogP contribution in [0.25, 0.3) is 5.69 Å². The van der Waals surface area contributed by atoms with Crippen LogP contribution in [0.15, 0.2) is 82.8 Å². The van der Waals surface area contributed by atoms with Gasteiger partial charge in [-0.05, 0) is 82.1 Å². The molecule has 0 aliphatic heterocycles. The summed E-state index contributed by atoms with van der Waals surface area (Å²) in [6, 6.07) is 21.2. The lowest BCUT2D eigenvalue weighted by atomic mass is 10.1. The Kier molecular flexibility index (Phi) is 8.28. The first-order valence-electron chi connectivity index (χ1n) is 12.4. The minimum Gasteiger partial charge on any atom is -0.318 e. The van der Waals surface area contributed by atoms with E-state index >= 15 is 0 Å². The van der Waals surface area contributed by atoms with Gasteiger partial charge in [-0.25, -0.2) is 13.8 Å². The minimum atomic E-state index is -4.05. The first kappa shape index (κ1) is 28.1. The van der Waals surface area contributed by atoms with Gasteiger partial charge in [0.2, 0.25) is 0 Å². The van der Waals surface area contributed by atoms with Crippen molar-refractivity contribution in [1.29, 1.82) is 0 Å². The fourth-order valence-corrected chi connectivity index (χ4v) is 6.22. The second-order valence-corrected chi connectivity index (χ2v) is 11.8. The van der Waals surface area contributed by atoms with Crippen LogP contribution in [0.2, 0.25) is 5.02 Å². The fourth-order valence-electron chi connectivity index (χ4n) is 4.56. The lowest BCUT2D eigenvalue weighted by Crippen LogP contribution is -2.40. The quantitative estimate of drug-likeness (QED) is 0.210. The number of sulfonamides is 1. The minimum absolute atomic E-state index is 0.0690. The fraction of sp³-hybridized carbons (Fsp3) is 0.200. The van der Waals surface area contributed by atoms with Crippen LogP contribution in [0.3, 0.4) is 0 Å². The van der Waals surface area contributed by atoms with Gasteiger partial charge in [-0.15, -0.1) is 0 Å². The third kappa shape index (κ3) is 6.08. The maximum atomic E-state index is 13.6. The molecule has 202 valence electrons. The number of aryl methyl sites for hydroxylation is 4. The van der Waals surface area contributed by atoms with Gasteiger partial charge in [0.1, 0.15) is 6.54 Å². The Labute approximate surface area is 234 Å². The average molecular weight is 563 g/mol. The predicted molar refractivity (Wildman–Crippen MR) is 158 cm³/mol. The summed E-state index contributed by atoms with van der Waals surface area (Å²) in [7, 11) is -4.05. The summed E-state index contributed by atoms with van der Waals surface area (Å²) in [5.74, 6) is -0.590. The van der Waals surface area contributed by atoms with Crippen molar-refractivity contribution in [3.63, 3.8) is 0 Å². The number of hydrazone groups is 1. The highest BCUT2D eigenvalue weighted by atomic mass is 35.5. The monoisotopic (exact) mass is 562 g/mol. The van der Waals surface area contributed by atoms with E-state index < -0.39 is 22.5 Å². The van der Waals surface area contributed by atoms with Gasteiger partial charge in [0.15, 0.2) is 0 Å². The van der Waals surface area contributed by atoms with Gasteiger partial charge in [0.05, 0.1) is 16.8 Å². The van der Waals surface area contributed by atoms with E-state index in [0.29, 0.717) is 16.3 Å². The van der Waals surface area contributed by atoms with Gasteiger partial charge in [0.25, 0.3) is 15.9 Å². The molecule has 0 aliphatic rings. The standard InChI is InChI=1S/C30H31ClN4O3S/c1-20-11-14-28(22(3)15-20)35-23(4)16-25(24(35)5)18-32-33-30(36)19-34(29-17-26(31)13-12-21(29)2)39(37,38)27-9-7-6-8-10-27/h6-18H,19H2,1-5H3,(H,33,36)/b32-18+. The van der Waals surface area contributed by atoms with Crippen molar-refractivity contribution < 1.29 is 13.2 Å². The average Bonchev–Trinajstić information content (AvgIpc) is 3.17. The number of rotatable bonds is 8. The zero-order valence-electron chi connectivity index (χ0n) is 22.6. The first-order chi connectivity index (χ1) is 18.5. The number of nitrogens with zero attached hydrogens (tertiary/aromatic N) is 3. The maximum absolute atomic E-state index is 13.6. The molecule has 0 radical (unpaired) electrons. The summed E-state index contributed by atoms with van der Waals surface area (Å²) in [6.45, 7) is 9.43. The molecule has 0 fully saturated rings. The largest absolute Gasteiger partial charge is 0.318 e. The molecule has 0 unspecified atom stereocenters. The molecule has 4 aromatic rings. The van der Waals surface area contributed by atoms with Crippen molar-refractivity contribution in [2.24, 2.45) is 5.10 Å². The molecular formula is C30H31ClN4O3S. The van der Waals surface area contributed by atoms with Crippen LogP contribution in [-0.2, 0) is 14.8 Å². The molecule has 0 saturated carbocycles. The Hall–Kier alpha value is -3.88. The lowest BCUT2D eigenvalue weighted by Gasteiger charge is -2.25. The molecule has 3 aromatic carbocycles. The predicted octanol–water partition coefficient (Wildman–Crippen LogP) is 6.02. The normalized spacial score (nSPS) is 11.6. The van der Waals surface area contributed by atoms with Crippen molar-refractivity contribution in [3.05, 3.63) is 111 Å². The van der Waals surface area contributed by atoms with Gasteiger partial charge >= 0.3 is 0 Å². The highest BCUT2D eigenvalue weighted by Gasteiger charge is 2.28. The lowest BCUT2D eigenvalue weighted by molar-refractivity contribution is -0.119. The Morgan fingerprint density at radius 3 is 2.36 bits per heavy atom. The molecular weight excluding hydrogens is 532 g/mol. The summed E-state index contributed by atoms with van der Waals surface area (Å²) in [5.41, 5.74) is 9.74. The van der Waals surface area contributed by atoms with E-state index in [0.717, 1.165) is 32.5 Å². The molecule has 0 spiro atoms. The van der Waals surface area contributed by atoms with Gasteiger partial charge in [0, 0.05) is 27.7 Å². The van der Waals surface area contributed by atoms with Crippen LogP contribution in [-0.4, -0.2) is 31.7 Å². The molecule has 0 bridgehead atoms. The molecule has 39 heavy (non-hydrogen) atoms. The first-order valence-corrected chi connectivity index (χ1v) is 14.2. The number of nitrogens with one attached hydrogen (secondary N) is 1. The molecule has 4 rings (SSSR count). The van der Waals surface area contributed by atoms with Gasteiger partial charge in [-0.2, -0.15) is 5.10 Å². The van der Waals surface area contributed by atoms with Crippen LogP contribution in [0.4, 0.5) is 5.69 Å². The van der Waals surface area contributed by atoms with E-state index in [1.54, 1.807) is 43.5 Å². The van der Waals surface area contributed by atoms with Crippen LogP contribution in [0, 0.1) is 34.6 Å². The van der Waals surface area contributed by atoms with E-state index in [9.17, 15) is 13.2 Å². The third-order valence-electron chi connectivity index (χ3n) is 6.51. The van der Waals surface area contributed by atoms with E-state index in [-0.39, 0.29) is 4.90 Å². The molecule has 1 amide bonds. The van der Waals surface area contributed by atoms with E-state index in [1.807, 2.05) is 19.9 Å². The molecule has 0 aliphatic carbocycles. The number of amides is 1. The summed E-state index contributed by atoms with van der Waals surface area (Å²) in [4.78, 5) is 13.0. The summed E-state index contributed by atoms with van der Waals surface area (Å²) in [6.07, 6.45) is 1.57. The van der Waals surface area contributed by atoms with Crippen molar-refractivity contribution >= 4 is 39.4 Å². The van der Waals surface area contributed by atoms with E-state index in [1.165, 1.54) is 23.8 Å². The molecule has 0 saturated heterocycles. The molecule has 7 nitrogen and oxygen atoms in total. The Balaban J connectivity index is 1.58. The molecule has 9 heteroatoms. The topological polar surface area (TPSA) is 83.8 Å². The Morgan fingerprint density at radius 2 is 1.67 bits per heavy atom. The number of anilines is 1. The maximum Gasteiger partial charge on any atom is 0.264 e. The number of carbonyl (C=O) groups is 1. The number of hydrogen-bond donors (Lipinski definition) is 1. The molecule has 1 heterocycles. The van der Waals surface area contributed by atoms with E-state index in [2.05, 4.69) is 47.1 Å². The van der Waals surface area contributed by atoms with Crippen molar-refractivity contribution in [3.8, 4) is 5.69 Å². The summed E-state index contributed by atoms with van der Waals surface area (Å²) >= 11 is 6.19. The zero-order valence-corrected chi connectivity index (χ0v) is 24.1. The number of hydrogen-bond acceptors (Lipinski definition) is 4. The van der Waals surface area contributed by atoms with Gasteiger partial charge < -0.3 is 4.57 Å². The van der Waals surface area contributed by atoms with Gasteiger partial charge in [-0.3, -0.25) is 9.10 Å². The second kappa shape index (κ2) is 11.5. The number of aromatic nitrogens is 1. The van der Waals surface area contributed by atoms with Crippen LogP contribution >= 0.6 is 11.6 Å². The van der Waals surface area contributed by atoms with Crippen molar-refractivity contribution in [2.75, 3.05) is 10.8 Å². The molecule has 1 N–H and O–H groups in total. The number of halogens is 1. The highest BCUT2D eigenvalue weighted by Crippen LogP contribution is 2.29. The number of benzene rings is 3. The molecule has 0 atom stereocenters. The summed E-state index contributed by atoms with van der Waals surface area (Å²) < 4.78 is 30.3. The Bertz CT molecular complexity index is 1660. The van der Waals surface area contributed by atoms with Crippen LogP contribution < -0.4 is 9.73 Å². The number of carbonyl (C=O) groups excluding carboxylic acids is 1.